The van der Waals surface area contributed by atoms with Gasteiger partial charge in [-0.05, 0) is 31.5 Å². The van der Waals surface area contributed by atoms with E-state index in [1.165, 1.54) is 12.1 Å². The van der Waals surface area contributed by atoms with E-state index < -0.39 is 17.3 Å². The van der Waals surface area contributed by atoms with E-state index >= 15 is 0 Å². The van der Waals surface area contributed by atoms with Gasteiger partial charge < -0.3 is 20.3 Å². The van der Waals surface area contributed by atoms with Gasteiger partial charge in [-0.3, -0.25) is 9.78 Å². The second kappa shape index (κ2) is 8.92. The van der Waals surface area contributed by atoms with Gasteiger partial charge in [0.25, 0.3) is 5.56 Å². The van der Waals surface area contributed by atoms with Gasteiger partial charge in [-0.2, -0.15) is 18.2 Å². The van der Waals surface area contributed by atoms with Gasteiger partial charge in [0.1, 0.15) is 16.4 Å². The van der Waals surface area contributed by atoms with Gasteiger partial charge in [0.05, 0.1) is 29.0 Å². The summed E-state index contributed by atoms with van der Waals surface area (Å²) >= 11 is 0.855. The number of anilines is 2. The van der Waals surface area contributed by atoms with Gasteiger partial charge in [-0.25, -0.2) is 4.98 Å². The molecule has 0 saturated carbocycles. The quantitative estimate of drug-likeness (QED) is 0.528. The Bertz CT molecular complexity index is 1200. The lowest BCUT2D eigenvalue weighted by atomic mass is 10.1. The number of rotatable bonds is 4. The molecule has 2 aliphatic rings. The molecule has 2 aliphatic heterocycles. The fourth-order valence-electron chi connectivity index (χ4n) is 4.14. The van der Waals surface area contributed by atoms with E-state index in [0.717, 1.165) is 36.8 Å². The number of thiazole rings is 1. The average Bonchev–Trinajstić information content (AvgIpc) is 3.23. The number of morpholine rings is 1. The first kappa shape index (κ1) is 22.1. The van der Waals surface area contributed by atoms with Crippen LogP contribution in [0.15, 0.2) is 23.0 Å². The summed E-state index contributed by atoms with van der Waals surface area (Å²) in [7, 11) is 0. The molecule has 0 aliphatic carbocycles. The van der Waals surface area contributed by atoms with Crippen LogP contribution in [-0.2, 0) is 10.9 Å². The maximum Gasteiger partial charge on any atom is 0.417 e. The zero-order valence-corrected chi connectivity index (χ0v) is 18.5. The molecule has 2 fully saturated rings. The normalized spacial score (nSPS) is 19.7. The number of nitrogens with zero attached hydrogens (tertiary/aromatic N) is 3. The first-order valence-corrected chi connectivity index (χ1v) is 11.6. The topological polar surface area (TPSA) is 95.2 Å². The maximum absolute atomic E-state index is 13.5. The Kier molecular flexibility index (Phi) is 5.97. The number of nitrogens with one attached hydrogen (secondary N) is 3. The number of H-pyrrole nitrogens is 1. The molecule has 0 radical (unpaired) electrons. The van der Waals surface area contributed by atoms with Crippen molar-refractivity contribution < 1.29 is 17.9 Å². The van der Waals surface area contributed by atoms with Crippen LogP contribution in [-0.4, -0.2) is 60.4 Å². The van der Waals surface area contributed by atoms with Gasteiger partial charge in [0, 0.05) is 25.7 Å². The molecule has 1 aromatic carbocycles. The molecule has 0 bridgehead atoms. The molecule has 0 amide bonds. The van der Waals surface area contributed by atoms with Gasteiger partial charge >= 0.3 is 6.18 Å². The number of hydrogen-bond donors (Lipinski definition) is 3. The van der Waals surface area contributed by atoms with Crippen molar-refractivity contribution >= 4 is 33.3 Å². The van der Waals surface area contributed by atoms with Crippen molar-refractivity contribution in [2.75, 3.05) is 49.6 Å². The molecule has 33 heavy (non-hydrogen) atoms. The summed E-state index contributed by atoms with van der Waals surface area (Å²) in [6, 6.07) is 3.92. The molecular weight excluding hydrogens is 457 g/mol. The fraction of sp³-hybridized carbons (Fsp3) is 0.476. The van der Waals surface area contributed by atoms with E-state index in [4.69, 9.17) is 4.74 Å². The minimum Gasteiger partial charge on any atom is -0.378 e. The van der Waals surface area contributed by atoms with Crippen LogP contribution < -0.4 is 21.1 Å². The van der Waals surface area contributed by atoms with Crippen LogP contribution in [0.4, 0.5) is 24.9 Å². The lowest BCUT2D eigenvalue weighted by Crippen LogP contribution is -2.40. The predicted octanol–water partition coefficient (Wildman–Crippen LogP) is 3.07. The van der Waals surface area contributed by atoms with Crippen LogP contribution in [0.2, 0.25) is 0 Å². The predicted molar refractivity (Wildman–Crippen MR) is 121 cm³/mol. The molecule has 2 saturated heterocycles. The summed E-state index contributed by atoms with van der Waals surface area (Å²) in [5.41, 5.74) is -0.840. The SMILES string of the molecule is O=c1[nH]c(N2CCOCC2)nc(NC2CCCNC2)c1-c1nc2cccc(C(F)(F)F)c2s1. The number of aromatic nitrogens is 3. The lowest BCUT2D eigenvalue weighted by Gasteiger charge is -2.29. The van der Waals surface area contributed by atoms with Crippen LogP contribution in [0.3, 0.4) is 0 Å². The van der Waals surface area contributed by atoms with E-state index in [-0.39, 0.29) is 26.8 Å². The first-order valence-electron chi connectivity index (χ1n) is 10.8. The number of fused-ring (bicyclic) bond motifs is 1. The van der Waals surface area contributed by atoms with Crippen molar-refractivity contribution in [2.45, 2.75) is 25.1 Å². The minimum atomic E-state index is -4.51. The van der Waals surface area contributed by atoms with Crippen molar-refractivity contribution in [3.63, 3.8) is 0 Å². The number of benzene rings is 1. The number of hydrogen-bond acceptors (Lipinski definition) is 8. The van der Waals surface area contributed by atoms with Crippen molar-refractivity contribution in [3.8, 4) is 10.6 Å². The summed E-state index contributed by atoms with van der Waals surface area (Å²) in [6.45, 7) is 3.85. The first-order chi connectivity index (χ1) is 15.9. The molecule has 5 rings (SSSR count). The third kappa shape index (κ3) is 4.55. The Hall–Kier alpha value is -2.70. The molecule has 3 aromatic rings. The Labute approximate surface area is 191 Å². The molecule has 176 valence electrons. The van der Waals surface area contributed by atoms with Crippen LogP contribution in [0, 0.1) is 0 Å². The molecule has 3 N–H and O–H groups in total. The monoisotopic (exact) mass is 480 g/mol. The van der Waals surface area contributed by atoms with Crippen molar-refractivity contribution in [1.29, 1.82) is 0 Å². The van der Waals surface area contributed by atoms with Gasteiger partial charge in [-0.1, -0.05) is 6.07 Å². The number of halogens is 3. The van der Waals surface area contributed by atoms with Crippen LogP contribution in [0.5, 0.6) is 0 Å². The lowest BCUT2D eigenvalue weighted by molar-refractivity contribution is -0.136. The molecule has 2 aromatic heterocycles. The van der Waals surface area contributed by atoms with Crippen LogP contribution in [0.1, 0.15) is 18.4 Å². The summed E-state index contributed by atoms with van der Waals surface area (Å²) in [4.78, 5) is 27.0. The number of alkyl halides is 3. The highest BCUT2D eigenvalue weighted by Crippen LogP contribution is 2.40. The molecule has 4 heterocycles. The summed E-state index contributed by atoms with van der Waals surface area (Å²) in [6.07, 6.45) is -2.64. The Morgan fingerprint density at radius 2 is 2.03 bits per heavy atom. The molecule has 0 spiro atoms. The largest absolute Gasteiger partial charge is 0.417 e. The van der Waals surface area contributed by atoms with E-state index in [2.05, 4.69) is 25.6 Å². The molecule has 12 heteroatoms. The Balaban J connectivity index is 1.61. The molecule has 1 atom stereocenters. The third-order valence-electron chi connectivity index (χ3n) is 5.79. The summed E-state index contributed by atoms with van der Waals surface area (Å²) in [5.74, 6) is 0.747. The smallest absolute Gasteiger partial charge is 0.378 e. The maximum atomic E-state index is 13.5. The highest BCUT2D eigenvalue weighted by Gasteiger charge is 2.34. The van der Waals surface area contributed by atoms with E-state index in [9.17, 15) is 18.0 Å². The van der Waals surface area contributed by atoms with Crippen LogP contribution in [0.25, 0.3) is 20.8 Å². The highest BCUT2D eigenvalue weighted by molar-refractivity contribution is 7.21. The van der Waals surface area contributed by atoms with Gasteiger partial charge in [-0.15, -0.1) is 11.3 Å². The van der Waals surface area contributed by atoms with Gasteiger partial charge in [0.2, 0.25) is 5.95 Å². The second-order valence-corrected chi connectivity index (χ2v) is 9.07. The zero-order valence-electron chi connectivity index (χ0n) is 17.7. The second-order valence-electron chi connectivity index (χ2n) is 8.07. The third-order valence-corrected chi connectivity index (χ3v) is 6.91. The molecular formula is C21H23F3N6O2S. The van der Waals surface area contributed by atoms with Crippen molar-refractivity contribution in [3.05, 3.63) is 34.1 Å². The standard InChI is InChI=1S/C21H23F3N6O2S/c22-21(23,24)13-4-1-5-14-16(13)33-19(27-14)15-17(26-12-3-2-6-25-11-12)28-20(29-18(15)31)30-7-9-32-10-8-30/h1,4-5,12,25H,2-3,6-11H2,(H2,26,28,29,31). The molecule has 8 nitrogen and oxygen atoms in total. The number of aromatic amines is 1. The number of piperidine rings is 1. The van der Waals surface area contributed by atoms with Crippen LogP contribution >= 0.6 is 11.3 Å². The Morgan fingerprint density at radius 3 is 2.76 bits per heavy atom. The zero-order chi connectivity index (χ0) is 23.0. The average molecular weight is 481 g/mol. The minimum absolute atomic E-state index is 0.00180. The number of ether oxygens (including phenoxy) is 1. The van der Waals surface area contributed by atoms with Crippen molar-refractivity contribution in [1.82, 2.24) is 20.3 Å². The summed E-state index contributed by atoms with van der Waals surface area (Å²) < 4.78 is 45.9. The van der Waals surface area contributed by atoms with Crippen molar-refractivity contribution in [2.24, 2.45) is 0 Å². The highest BCUT2D eigenvalue weighted by atomic mass is 32.1. The van der Waals surface area contributed by atoms with E-state index in [1.807, 2.05) is 4.90 Å². The van der Waals surface area contributed by atoms with E-state index in [1.54, 1.807) is 0 Å². The molecule has 1 unspecified atom stereocenters. The van der Waals surface area contributed by atoms with Gasteiger partial charge in [0.15, 0.2) is 0 Å². The summed E-state index contributed by atoms with van der Waals surface area (Å²) in [5, 5.41) is 6.87. The fourth-order valence-corrected chi connectivity index (χ4v) is 5.28. The Morgan fingerprint density at radius 1 is 1.21 bits per heavy atom. The van der Waals surface area contributed by atoms with E-state index in [0.29, 0.717) is 44.6 Å².